The van der Waals surface area contributed by atoms with Crippen LogP contribution in [0.15, 0.2) is 42.2 Å². The topological polar surface area (TPSA) is 63.6 Å². The molecule has 0 bridgehead atoms. The summed E-state index contributed by atoms with van der Waals surface area (Å²) in [7, 11) is 0. The molecule has 1 rings (SSSR count). The van der Waals surface area contributed by atoms with E-state index in [1.165, 1.54) is 13.8 Å². The molecule has 0 radical (unpaired) electrons. The van der Waals surface area contributed by atoms with Crippen LogP contribution < -0.4 is 0 Å². The average Bonchev–Trinajstić information content (AvgIpc) is 2.38. The van der Waals surface area contributed by atoms with Crippen LogP contribution in [0.1, 0.15) is 36.7 Å². The van der Waals surface area contributed by atoms with E-state index in [1.54, 1.807) is 31.2 Å². The SMILES string of the molecule is C=C(/C(C(C)=O)=C(\C)O)c1ccc(C(=O)OCC)cc1. The van der Waals surface area contributed by atoms with Crippen molar-refractivity contribution in [3.8, 4) is 0 Å². The summed E-state index contributed by atoms with van der Waals surface area (Å²) in [6.45, 7) is 8.68. The normalized spacial score (nSPS) is 11.6. The third-order valence-electron chi connectivity index (χ3n) is 2.76. The highest BCUT2D eigenvalue weighted by Gasteiger charge is 2.14. The van der Waals surface area contributed by atoms with Crippen molar-refractivity contribution in [3.05, 3.63) is 53.3 Å². The van der Waals surface area contributed by atoms with Crippen LogP contribution in [-0.2, 0) is 9.53 Å². The molecule has 0 aliphatic heterocycles. The van der Waals surface area contributed by atoms with Gasteiger partial charge in [-0.1, -0.05) is 18.7 Å². The molecule has 0 saturated heterocycles. The summed E-state index contributed by atoms with van der Waals surface area (Å²) in [4.78, 5) is 23.0. The minimum atomic E-state index is -0.398. The zero-order valence-electron chi connectivity index (χ0n) is 11.9. The van der Waals surface area contributed by atoms with Gasteiger partial charge in [0.1, 0.15) is 5.76 Å². The Morgan fingerprint density at radius 3 is 2.05 bits per heavy atom. The van der Waals surface area contributed by atoms with Gasteiger partial charge in [-0.15, -0.1) is 0 Å². The summed E-state index contributed by atoms with van der Waals surface area (Å²) in [6, 6.07) is 6.53. The maximum Gasteiger partial charge on any atom is 0.338 e. The van der Waals surface area contributed by atoms with Crippen molar-refractivity contribution < 1.29 is 19.4 Å². The first-order valence-corrected chi connectivity index (χ1v) is 6.26. The highest BCUT2D eigenvalue weighted by atomic mass is 16.5. The van der Waals surface area contributed by atoms with Gasteiger partial charge in [0.25, 0.3) is 0 Å². The van der Waals surface area contributed by atoms with Crippen molar-refractivity contribution in [3.63, 3.8) is 0 Å². The lowest BCUT2D eigenvalue weighted by Gasteiger charge is -2.10. The van der Waals surface area contributed by atoms with Gasteiger partial charge in [0.2, 0.25) is 0 Å². The number of aliphatic hydroxyl groups excluding tert-OH is 1. The van der Waals surface area contributed by atoms with E-state index < -0.39 is 5.97 Å². The number of benzene rings is 1. The van der Waals surface area contributed by atoms with Crippen LogP contribution in [0.4, 0.5) is 0 Å². The van der Waals surface area contributed by atoms with Crippen molar-refractivity contribution in [2.75, 3.05) is 6.61 Å². The molecule has 0 aliphatic rings. The molecule has 0 spiro atoms. The van der Waals surface area contributed by atoms with Crippen molar-refractivity contribution in [2.45, 2.75) is 20.8 Å². The Labute approximate surface area is 118 Å². The van der Waals surface area contributed by atoms with E-state index in [0.717, 1.165) is 0 Å². The van der Waals surface area contributed by atoms with Gasteiger partial charge in [-0.05, 0) is 44.0 Å². The molecule has 20 heavy (non-hydrogen) atoms. The maximum absolute atomic E-state index is 11.5. The van der Waals surface area contributed by atoms with Gasteiger partial charge >= 0.3 is 5.97 Å². The molecule has 4 nitrogen and oxygen atoms in total. The second kappa shape index (κ2) is 6.70. The predicted octanol–water partition coefficient (Wildman–Crippen LogP) is 3.30. The van der Waals surface area contributed by atoms with Crippen LogP contribution in [0.2, 0.25) is 0 Å². The number of allylic oxidation sites excluding steroid dienone is 3. The smallest absolute Gasteiger partial charge is 0.338 e. The first-order chi connectivity index (χ1) is 9.38. The number of carbonyl (C=O) groups excluding carboxylic acids is 2. The molecule has 0 amide bonds. The number of ketones is 1. The van der Waals surface area contributed by atoms with Gasteiger partial charge < -0.3 is 9.84 Å². The number of hydrogen-bond donors (Lipinski definition) is 1. The molecule has 106 valence electrons. The summed E-state index contributed by atoms with van der Waals surface area (Å²) < 4.78 is 4.89. The fraction of sp³-hybridized carbons (Fsp3) is 0.250. The Morgan fingerprint density at radius 1 is 1.15 bits per heavy atom. The summed E-state index contributed by atoms with van der Waals surface area (Å²) >= 11 is 0. The van der Waals surface area contributed by atoms with Crippen LogP contribution >= 0.6 is 0 Å². The molecular formula is C16H18O4. The van der Waals surface area contributed by atoms with E-state index in [-0.39, 0.29) is 17.1 Å². The second-order valence-electron chi connectivity index (χ2n) is 4.29. The fourth-order valence-corrected chi connectivity index (χ4v) is 1.85. The fourth-order valence-electron chi connectivity index (χ4n) is 1.85. The Morgan fingerprint density at radius 2 is 1.65 bits per heavy atom. The van der Waals surface area contributed by atoms with Crippen molar-refractivity contribution in [2.24, 2.45) is 0 Å². The highest BCUT2D eigenvalue weighted by Crippen LogP contribution is 2.24. The molecule has 0 saturated carbocycles. The molecule has 4 heteroatoms. The van der Waals surface area contributed by atoms with E-state index in [2.05, 4.69) is 6.58 Å². The standard InChI is InChI=1S/C16H18O4/c1-5-20-16(19)14-8-6-13(7-9-14)10(2)15(11(3)17)12(4)18/h6-9,17H,2,5H2,1,3-4H3/b15-11-. The third kappa shape index (κ3) is 3.57. The Hall–Kier alpha value is -2.36. The first kappa shape index (κ1) is 15.7. The lowest BCUT2D eigenvalue weighted by atomic mass is 9.95. The molecular weight excluding hydrogens is 256 g/mol. The van der Waals surface area contributed by atoms with Gasteiger partial charge in [-0.2, -0.15) is 0 Å². The van der Waals surface area contributed by atoms with Gasteiger partial charge in [-0.25, -0.2) is 4.79 Å². The Kier molecular flexibility index (Phi) is 5.26. The number of carbonyl (C=O) groups is 2. The van der Waals surface area contributed by atoms with Crippen LogP contribution in [0.5, 0.6) is 0 Å². The van der Waals surface area contributed by atoms with Crippen LogP contribution in [-0.4, -0.2) is 23.5 Å². The molecule has 0 aliphatic carbocycles. The minimum absolute atomic E-state index is 0.0723. The molecule has 0 heterocycles. The average molecular weight is 274 g/mol. The van der Waals surface area contributed by atoms with Gasteiger partial charge in [-0.3, -0.25) is 4.79 Å². The van der Waals surface area contributed by atoms with Gasteiger partial charge in [0, 0.05) is 0 Å². The van der Waals surface area contributed by atoms with E-state index in [9.17, 15) is 14.7 Å². The lowest BCUT2D eigenvalue weighted by Crippen LogP contribution is -2.05. The number of Topliss-reactive ketones (excluding diaryl/α,β-unsaturated/α-hetero) is 1. The quantitative estimate of drug-likeness (QED) is 0.387. The zero-order chi connectivity index (χ0) is 15.3. The van der Waals surface area contributed by atoms with Gasteiger partial charge in [0.15, 0.2) is 5.78 Å². The van der Waals surface area contributed by atoms with Crippen LogP contribution in [0, 0.1) is 0 Å². The van der Waals surface area contributed by atoms with E-state index in [0.29, 0.717) is 23.3 Å². The maximum atomic E-state index is 11.5. The molecule has 0 atom stereocenters. The number of hydrogen-bond acceptors (Lipinski definition) is 4. The lowest BCUT2D eigenvalue weighted by molar-refractivity contribution is -0.113. The number of rotatable bonds is 5. The van der Waals surface area contributed by atoms with Crippen molar-refractivity contribution >= 4 is 17.3 Å². The Balaban J connectivity index is 3.05. The number of esters is 1. The van der Waals surface area contributed by atoms with Crippen LogP contribution in [0.3, 0.4) is 0 Å². The highest BCUT2D eigenvalue weighted by molar-refractivity contribution is 6.09. The third-order valence-corrected chi connectivity index (χ3v) is 2.76. The van der Waals surface area contributed by atoms with E-state index >= 15 is 0 Å². The number of ether oxygens (including phenoxy) is 1. The summed E-state index contributed by atoms with van der Waals surface area (Å²) in [5, 5.41) is 9.55. The largest absolute Gasteiger partial charge is 0.512 e. The second-order valence-corrected chi connectivity index (χ2v) is 4.29. The molecule has 1 aromatic rings. The van der Waals surface area contributed by atoms with E-state index in [1.807, 2.05) is 0 Å². The van der Waals surface area contributed by atoms with Crippen molar-refractivity contribution in [1.29, 1.82) is 0 Å². The number of aliphatic hydroxyl groups is 1. The molecule has 0 unspecified atom stereocenters. The van der Waals surface area contributed by atoms with Crippen molar-refractivity contribution in [1.82, 2.24) is 0 Å². The van der Waals surface area contributed by atoms with E-state index in [4.69, 9.17) is 4.74 Å². The molecule has 0 fully saturated rings. The summed E-state index contributed by atoms with van der Waals surface area (Å²) in [6.07, 6.45) is 0. The predicted molar refractivity (Wildman–Crippen MR) is 77.4 cm³/mol. The summed E-state index contributed by atoms with van der Waals surface area (Å²) in [5.74, 6) is -0.730. The molecule has 1 N–H and O–H groups in total. The summed E-state index contributed by atoms with van der Waals surface area (Å²) in [5.41, 5.74) is 1.70. The minimum Gasteiger partial charge on any atom is -0.512 e. The first-order valence-electron chi connectivity index (χ1n) is 6.26. The van der Waals surface area contributed by atoms with Crippen LogP contribution in [0.25, 0.3) is 5.57 Å². The van der Waals surface area contributed by atoms with Gasteiger partial charge in [0.05, 0.1) is 17.7 Å². The Bertz CT molecular complexity index is 561. The monoisotopic (exact) mass is 274 g/mol. The molecule has 0 aromatic heterocycles. The zero-order valence-corrected chi connectivity index (χ0v) is 11.9. The molecule has 1 aromatic carbocycles.